The first kappa shape index (κ1) is 17.5. The molecule has 1 aromatic heterocycles. The van der Waals surface area contributed by atoms with Crippen molar-refractivity contribution in [3.63, 3.8) is 0 Å². The van der Waals surface area contributed by atoms with Crippen LogP contribution in [0.3, 0.4) is 0 Å². The molecule has 0 unspecified atom stereocenters. The van der Waals surface area contributed by atoms with Crippen molar-refractivity contribution in [1.82, 2.24) is 20.4 Å². The van der Waals surface area contributed by atoms with Gasteiger partial charge in [0.25, 0.3) is 0 Å². The van der Waals surface area contributed by atoms with Crippen molar-refractivity contribution in [2.75, 3.05) is 25.1 Å². The van der Waals surface area contributed by atoms with Crippen molar-refractivity contribution in [3.8, 4) is 5.88 Å². The van der Waals surface area contributed by atoms with Crippen molar-refractivity contribution >= 4 is 23.6 Å². The van der Waals surface area contributed by atoms with Crippen LogP contribution in [0.15, 0.2) is 18.3 Å². The average molecular weight is 338 g/mol. The zero-order chi connectivity index (χ0) is 16.7. The van der Waals surface area contributed by atoms with Crippen LogP contribution in [0.1, 0.15) is 19.8 Å². The van der Waals surface area contributed by atoms with Gasteiger partial charge in [0, 0.05) is 32.2 Å². The molecule has 1 fully saturated rings. The van der Waals surface area contributed by atoms with Gasteiger partial charge in [0.05, 0.1) is 6.54 Å². The van der Waals surface area contributed by atoms with Crippen LogP contribution in [0, 0.1) is 0 Å². The van der Waals surface area contributed by atoms with E-state index in [4.69, 9.17) is 4.74 Å². The summed E-state index contributed by atoms with van der Waals surface area (Å²) < 4.78 is 5.74. The monoisotopic (exact) mass is 338 g/mol. The van der Waals surface area contributed by atoms with Crippen LogP contribution in [-0.2, 0) is 9.59 Å². The highest BCUT2D eigenvalue weighted by Gasteiger charge is 2.32. The van der Waals surface area contributed by atoms with Crippen LogP contribution in [0.4, 0.5) is 0 Å². The molecule has 1 aliphatic heterocycles. The molecule has 1 saturated heterocycles. The molecule has 2 heterocycles. The molecule has 0 spiro atoms. The van der Waals surface area contributed by atoms with Crippen LogP contribution < -0.4 is 10.1 Å². The number of carbonyl (C=O) groups excluding carboxylic acids is 2. The second kappa shape index (κ2) is 8.71. The van der Waals surface area contributed by atoms with Gasteiger partial charge < -0.3 is 15.0 Å². The summed E-state index contributed by atoms with van der Waals surface area (Å²) >= 11 is 1.66. The maximum atomic E-state index is 12.6. The predicted molar refractivity (Wildman–Crippen MR) is 88.2 cm³/mol. The molecule has 0 aromatic carbocycles. The second-order valence-electron chi connectivity index (χ2n) is 5.41. The summed E-state index contributed by atoms with van der Waals surface area (Å²) in [5, 5.41) is 10.4. The minimum atomic E-state index is -0.463. The van der Waals surface area contributed by atoms with E-state index in [0.717, 1.165) is 12.2 Å². The standard InChI is InChI=1S/C15H22N4O3S/c1-11(20)17-13(6-9-23-2)15(21)19-8-5-12(10-19)22-14-4-3-7-16-18-14/h3-4,7,12-13H,5-6,8-10H2,1-2H3,(H,17,20)/t12-,13-/m0/s1. The Kier molecular flexibility index (Phi) is 6.64. The van der Waals surface area contributed by atoms with Crippen molar-refractivity contribution in [1.29, 1.82) is 0 Å². The fourth-order valence-electron chi connectivity index (χ4n) is 2.50. The fraction of sp³-hybridized carbons (Fsp3) is 0.600. The summed E-state index contributed by atoms with van der Waals surface area (Å²) in [6.07, 6.45) is 4.86. The number of aromatic nitrogens is 2. The maximum Gasteiger partial charge on any atom is 0.245 e. The van der Waals surface area contributed by atoms with Gasteiger partial charge in [0.1, 0.15) is 12.1 Å². The number of carbonyl (C=O) groups is 2. The Labute approximate surface area is 140 Å². The molecule has 0 aliphatic carbocycles. The first-order valence-corrected chi connectivity index (χ1v) is 8.98. The zero-order valence-corrected chi connectivity index (χ0v) is 14.2. The molecule has 126 valence electrons. The van der Waals surface area contributed by atoms with Crippen molar-refractivity contribution < 1.29 is 14.3 Å². The third-order valence-electron chi connectivity index (χ3n) is 3.58. The number of hydrogen-bond acceptors (Lipinski definition) is 6. The molecule has 0 bridgehead atoms. The molecule has 7 nitrogen and oxygen atoms in total. The highest BCUT2D eigenvalue weighted by Crippen LogP contribution is 2.17. The summed E-state index contributed by atoms with van der Waals surface area (Å²) in [6, 6.07) is 3.04. The number of rotatable bonds is 7. The highest BCUT2D eigenvalue weighted by atomic mass is 32.2. The number of nitrogens with zero attached hydrogens (tertiary/aromatic N) is 3. The van der Waals surface area contributed by atoms with E-state index < -0.39 is 6.04 Å². The SMILES string of the molecule is CSCC[C@H](NC(C)=O)C(=O)N1CC[C@H](Oc2cccnn2)C1. The first-order valence-electron chi connectivity index (χ1n) is 7.59. The van der Waals surface area contributed by atoms with Gasteiger partial charge in [0.2, 0.25) is 17.7 Å². The molecular formula is C15H22N4O3S. The summed E-state index contributed by atoms with van der Waals surface area (Å²) in [5.41, 5.74) is 0. The Morgan fingerprint density at radius 2 is 2.39 bits per heavy atom. The number of thioether (sulfide) groups is 1. The molecule has 8 heteroatoms. The summed E-state index contributed by atoms with van der Waals surface area (Å²) in [5.74, 6) is 1.06. The largest absolute Gasteiger partial charge is 0.471 e. The lowest BCUT2D eigenvalue weighted by atomic mass is 10.2. The number of amides is 2. The second-order valence-corrected chi connectivity index (χ2v) is 6.39. The van der Waals surface area contributed by atoms with E-state index in [0.29, 0.717) is 25.4 Å². The zero-order valence-electron chi connectivity index (χ0n) is 13.4. The third-order valence-corrected chi connectivity index (χ3v) is 4.22. The van der Waals surface area contributed by atoms with Gasteiger partial charge in [0.15, 0.2) is 0 Å². The van der Waals surface area contributed by atoms with Gasteiger partial charge in [-0.3, -0.25) is 9.59 Å². The maximum absolute atomic E-state index is 12.6. The summed E-state index contributed by atoms with van der Waals surface area (Å²) in [4.78, 5) is 25.7. The number of hydrogen-bond donors (Lipinski definition) is 1. The lowest BCUT2D eigenvalue weighted by molar-refractivity contribution is -0.135. The first-order chi connectivity index (χ1) is 11.1. The Morgan fingerprint density at radius 1 is 1.57 bits per heavy atom. The van der Waals surface area contributed by atoms with E-state index in [1.54, 1.807) is 35.0 Å². The lowest BCUT2D eigenvalue weighted by Gasteiger charge is -2.23. The minimum absolute atomic E-state index is 0.0421. The lowest BCUT2D eigenvalue weighted by Crippen LogP contribution is -2.48. The van der Waals surface area contributed by atoms with Gasteiger partial charge >= 0.3 is 0 Å². The predicted octanol–water partition coefficient (Wildman–Crippen LogP) is 0.714. The van der Waals surface area contributed by atoms with Crippen molar-refractivity contribution in [2.45, 2.75) is 31.9 Å². The number of ether oxygens (including phenoxy) is 1. The van der Waals surface area contributed by atoms with E-state index >= 15 is 0 Å². The normalized spacial score (nSPS) is 18.5. The summed E-state index contributed by atoms with van der Waals surface area (Å²) in [7, 11) is 0. The van der Waals surface area contributed by atoms with E-state index in [9.17, 15) is 9.59 Å². The average Bonchev–Trinajstić information content (AvgIpc) is 3.00. The van der Waals surface area contributed by atoms with E-state index in [2.05, 4.69) is 15.5 Å². The van der Waals surface area contributed by atoms with E-state index in [-0.39, 0.29) is 17.9 Å². The molecular weight excluding hydrogens is 316 g/mol. The Bertz CT molecular complexity index is 529. The molecule has 2 rings (SSSR count). The molecule has 1 N–H and O–H groups in total. The van der Waals surface area contributed by atoms with Crippen LogP contribution in [0.2, 0.25) is 0 Å². The van der Waals surface area contributed by atoms with Gasteiger partial charge in [-0.15, -0.1) is 5.10 Å². The third kappa shape index (κ3) is 5.38. The Morgan fingerprint density at radius 3 is 3.04 bits per heavy atom. The minimum Gasteiger partial charge on any atom is -0.471 e. The van der Waals surface area contributed by atoms with Crippen molar-refractivity contribution in [2.24, 2.45) is 0 Å². The molecule has 2 atom stereocenters. The smallest absolute Gasteiger partial charge is 0.245 e. The quantitative estimate of drug-likeness (QED) is 0.788. The Hall–Kier alpha value is -1.83. The number of nitrogens with one attached hydrogen (secondary N) is 1. The highest BCUT2D eigenvalue weighted by molar-refractivity contribution is 7.98. The fourth-order valence-corrected chi connectivity index (χ4v) is 2.98. The topological polar surface area (TPSA) is 84.4 Å². The molecule has 0 radical (unpaired) electrons. The molecule has 2 amide bonds. The van der Waals surface area contributed by atoms with E-state index in [1.807, 2.05) is 6.26 Å². The van der Waals surface area contributed by atoms with Gasteiger partial charge in [-0.05, 0) is 24.5 Å². The van der Waals surface area contributed by atoms with Crippen LogP contribution in [0.25, 0.3) is 0 Å². The molecule has 1 aromatic rings. The van der Waals surface area contributed by atoms with Gasteiger partial charge in [-0.2, -0.15) is 16.9 Å². The molecule has 23 heavy (non-hydrogen) atoms. The summed E-state index contributed by atoms with van der Waals surface area (Å²) in [6.45, 7) is 2.56. The van der Waals surface area contributed by atoms with Gasteiger partial charge in [-0.1, -0.05) is 0 Å². The Balaban J connectivity index is 1.90. The van der Waals surface area contributed by atoms with Crippen LogP contribution in [0.5, 0.6) is 5.88 Å². The van der Waals surface area contributed by atoms with Crippen LogP contribution >= 0.6 is 11.8 Å². The van der Waals surface area contributed by atoms with Crippen molar-refractivity contribution in [3.05, 3.63) is 18.3 Å². The molecule has 1 aliphatic rings. The van der Waals surface area contributed by atoms with Crippen LogP contribution in [-0.4, -0.2) is 64.2 Å². The van der Waals surface area contributed by atoms with E-state index in [1.165, 1.54) is 6.92 Å². The van der Waals surface area contributed by atoms with Gasteiger partial charge in [-0.25, -0.2) is 0 Å². The number of likely N-dealkylation sites (tertiary alicyclic amines) is 1. The molecule has 0 saturated carbocycles.